The predicted octanol–water partition coefficient (Wildman–Crippen LogP) is 6.66. The molecule has 1 unspecified atom stereocenters. The van der Waals surface area contributed by atoms with E-state index in [2.05, 4.69) is 111 Å². The highest BCUT2D eigenvalue weighted by Gasteiger charge is 2.66. The molecule has 0 saturated heterocycles. The van der Waals surface area contributed by atoms with E-state index in [1.165, 1.54) is 4.70 Å². The summed E-state index contributed by atoms with van der Waals surface area (Å²) in [6.45, 7) is 0. The highest BCUT2D eigenvalue weighted by molar-refractivity contribution is 7.21. The first-order valence-electron chi connectivity index (χ1n) is 13.0. The molecule has 5 aromatic carbocycles. The topological polar surface area (TPSA) is 31.1 Å². The first-order valence-corrected chi connectivity index (χ1v) is 13.8. The van der Waals surface area contributed by atoms with Gasteiger partial charge in [0.05, 0.1) is 0 Å². The summed E-state index contributed by atoms with van der Waals surface area (Å²) >= 11 is 1.76. The quantitative estimate of drug-likeness (QED) is 0.226. The molecule has 5 nitrogen and oxygen atoms in total. The van der Waals surface area contributed by atoms with Gasteiger partial charge in [-0.05, 0) is 54.6 Å². The highest BCUT2D eigenvalue weighted by Crippen LogP contribution is 2.46. The van der Waals surface area contributed by atoms with Crippen LogP contribution >= 0.6 is 11.3 Å². The fourth-order valence-electron chi connectivity index (χ4n) is 6.04. The zero-order chi connectivity index (χ0) is 25.6. The van der Waals surface area contributed by atoms with E-state index in [0.29, 0.717) is 0 Å². The number of ether oxygens (including phenoxy) is 2. The van der Waals surface area contributed by atoms with E-state index in [0.717, 1.165) is 55.7 Å². The van der Waals surface area contributed by atoms with Crippen molar-refractivity contribution in [3.63, 3.8) is 0 Å². The Kier molecular flexibility index (Phi) is 4.08. The molecule has 4 heterocycles. The Balaban J connectivity index is 1.51. The van der Waals surface area contributed by atoms with E-state index in [1.807, 2.05) is 30.3 Å². The molecule has 1 spiro atoms. The molecule has 2 aliphatic rings. The third-order valence-corrected chi connectivity index (χ3v) is 8.77. The molecule has 2 aliphatic heterocycles. The van der Waals surface area contributed by atoms with Crippen LogP contribution in [0.15, 0.2) is 127 Å². The molecular formula is C33H21N3O2S+2. The van der Waals surface area contributed by atoms with E-state index >= 15 is 0 Å². The fraction of sp³-hybridized carbons (Fsp3) is 0.0303. The summed E-state index contributed by atoms with van der Waals surface area (Å²) in [4.78, 5) is 0. The molecule has 0 N–H and O–H groups in total. The molecule has 2 aromatic heterocycles. The molecule has 6 heteroatoms. The van der Waals surface area contributed by atoms with Crippen molar-refractivity contribution in [1.82, 2.24) is 4.57 Å². The van der Waals surface area contributed by atoms with Gasteiger partial charge in [-0.25, -0.2) is 0 Å². The monoisotopic (exact) mass is 523 g/mol. The third kappa shape index (κ3) is 2.68. The number of hydrogen-bond donors (Lipinski definition) is 0. The molecule has 0 bridgehead atoms. The van der Waals surface area contributed by atoms with Crippen LogP contribution in [0.5, 0.6) is 11.5 Å². The zero-order valence-corrected chi connectivity index (χ0v) is 21.5. The van der Waals surface area contributed by atoms with E-state index in [-0.39, 0.29) is 0 Å². The Bertz CT molecular complexity index is 2090. The lowest BCUT2D eigenvalue weighted by molar-refractivity contribution is -1.04. The summed E-state index contributed by atoms with van der Waals surface area (Å²) in [5.41, 5.74) is 6.28. The van der Waals surface area contributed by atoms with Gasteiger partial charge in [0.1, 0.15) is 21.5 Å². The second-order valence-electron chi connectivity index (χ2n) is 9.77. The number of hydrogen-bond acceptors (Lipinski definition) is 3. The third-order valence-electron chi connectivity index (χ3n) is 7.61. The molecule has 7 aromatic rings. The van der Waals surface area contributed by atoms with E-state index < -0.39 is 6.03 Å². The Morgan fingerprint density at radius 3 is 2.00 bits per heavy atom. The average molecular weight is 524 g/mol. The van der Waals surface area contributed by atoms with Gasteiger partial charge in [-0.15, -0.1) is 0 Å². The van der Waals surface area contributed by atoms with Crippen molar-refractivity contribution in [2.45, 2.75) is 6.03 Å². The molecule has 0 radical (unpaired) electrons. The molecule has 0 fully saturated rings. The van der Waals surface area contributed by atoms with Crippen molar-refractivity contribution < 1.29 is 18.6 Å². The summed E-state index contributed by atoms with van der Waals surface area (Å²) in [7, 11) is 0. The number of para-hydroxylation sites is 6. The number of nitrogens with zero attached hydrogens (tertiary/aromatic N) is 3. The maximum absolute atomic E-state index is 7.09. The van der Waals surface area contributed by atoms with Crippen LogP contribution in [0.1, 0.15) is 0 Å². The van der Waals surface area contributed by atoms with Crippen LogP contribution in [0.25, 0.3) is 48.9 Å². The summed E-state index contributed by atoms with van der Waals surface area (Å²) in [6, 6.07) is 42.6. The van der Waals surface area contributed by atoms with Crippen molar-refractivity contribution >= 4 is 32.6 Å². The van der Waals surface area contributed by atoms with Gasteiger partial charge in [-0.1, -0.05) is 87.2 Å². The Morgan fingerprint density at radius 1 is 0.564 bits per heavy atom. The van der Waals surface area contributed by atoms with Crippen LogP contribution < -0.4 is 18.6 Å². The number of aromatic nitrogens is 3. The molecule has 0 amide bonds. The number of fused-ring (bicyclic) bond motifs is 12. The molecule has 0 aliphatic carbocycles. The molecule has 184 valence electrons. The minimum absolute atomic E-state index is 0.769. The standard InChI is InChI=1S/C33H21N3O2S/c1-2-12-22(13-3-1)34-25-16-6-7-17-26(25)35-31(34)23-14-4-9-19-28(23)37-33(35)36-27-18-8-11-21-30(27)39-32(36)24-15-5-10-20-29(24)38-33/h1-21H/q+2. The molecule has 9 rings (SSSR count). The lowest BCUT2D eigenvalue weighted by Gasteiger charge is -2.32. The van der Waals surface area contributed by atoms with Crippen LogP contribution in [0, 0.1) is 0 Å². The van der Waals surface area contributed by atoms with Crippen molar-refractivity contribution in [1.29, 1.82) is 0 Å². The maximum Gasteiger partial charge on any atom is 0.655 e. The lowest BCUT2D eigenvalue weighted by Crippen LogP contribution is -2.82. The van der Waals surface area contributed by atoms with E-state index in [1.54, 1.807) is 11.3 Å². The Morgan fingerprint density at radius 2 is 1.18 bits per heavy atom. The minimum atomic E-state index is -1.33. The van der Waals surface area contributed by atoms with Crippen molar-refractivity contribution in [2.24, 2.45) is 0 Å². The summed E-state index contributed by atoms with van der Waals surface area (Å²) < 4.78 is 22.1. The number of imidazole rings is 1. The van der Waals surface area contributed by atoms with Crippen LogP contribution in [0.3, 0.4) is 0 Å². The minimum Gasteiger partial charge on any atom is -0.360 e. The van der Waals surface area contributed by atoms with Gasteiger partial charge in [-0.2, -0.15) is 4.57 Å². The number of rotatable bonds is 1. The highest BCUT2D eigenvalue weighted by atomic mass is 32.1. The fourth-order valence-corrected chi connectivity index (χ4v) is 7.24. The Labute approximate surface area is 228 Å². The van der Waals surface area contributed by atoms with Gasteiger partial charge in [0.15, 0.2) is 22.5 Å². The summed E-state index contributed by atoms with van der Waals surface area (Å²) in [5, 5.41) is 1.09. The molecule has 1 atom stereocenters. The van der Waals surface area contributed by atoms with E-state index in [4.69, 9.17) is 9.47 Å². The maximum atomic E-state index is 7.09. The van der Waals surface area contributed by atoms with E-state index in [9.17, 15) is 0 Å². The number of benzene rings is 5. The van der Waals surface area contributed by atoms with Crippen molar-refractivity contribution in [3.8, 4) is 39.1 Å². The van der Waals surface area contributed by atoms with Crippen LogP contribution in [0.2, 0.25) is 0 Å². The SMILES string of the molecule is c1ccc(-n2c3[n+](c4ccccc42)C2(Oc4ccccc4-c4sc5ccccc5[n+]42)Oc2ccccc2-3)cc1. The molecule has 39 heavy (non-hydrogen) atoms. The van der Waals surface area contributed by atoms with Crippen LogP contribution in [0.4, 0.5) is 0 Å². The van der Waals surface area contributed by atoms with Crippen molar-refractivity contribution in [3.05, 3.63) is 127 Å². The summed E-state index contributed by atoms with van der Waals surface area (Å²) in [6.07, 6.45) is 0. The van der Waals surface area contributed by atoms with Gasteiger partial charge in [0.2, 0.25) is 5.52 Å². The molecular weight excluding hydrogens is 502 g/mol. The van der Waals surface area contributed by atoms with Gasteiger partial charge in [0.25, 0.3) is 5.01 Å². The van der Waals surface area contributed by atoms with Gasteiger partial charge < -0.3 is 9.47 Å². The Hall–Kier alpha value is -4.94. The normalized spacial score (nSPS) is 16.7. The molecule has 0 saturated carbocycles. The van der Waals surface area contributed by atoms with Gasteiger partial charge in [0, 0.05) is 6.07 Å². The first-order chi connectivity index (χ1) is 19.3. The zero-order valence-electron chi connectivity index (χ0n) is 20.7. The van der Waals surface area contributed by atoms with Gasteiger partial charge >= 0.3 is 11.9 Å². The van der Waals surface area contributed by atoms with Crippen molar-refractivity contribution in [2.75, 3.05) is 0 Å². The second kappa shape index (κ2) is 7.56. The first kappa shape index (κ1) is 21.0. The lowest BCUT2D eigenvalue weighted by atomic mass is 10.1. The van der Waals surface area contributed by atoms with Crippen LogP contribution in [-0.2, 0) is 6.03 Å². The largest absolute Gasteiger partial charge is 0.655 e. The van der Waals surface area contributed by atoms with Crippen LogP contribution in [-0.4, -0.2) is 4.57 Å². The summed E-state index contributed by atoms with van der Waals surface area (Å²) in [5.74, 6) is 2.56. The van der Waals surface area contributed by atoms with Gasteiger partial charge in [-0.3, -0.25) is 0 Å². The average Bonchev–Trinajstić information content (AvgIpc) is 3.56. The predicted molar refractivity (Wildman–Crippen MR) is 151 cm³/mol. The second-order valence-corrected chi connectivity index (χ2v) is 10.8. The number of thiazole rings is 1. The smallest absolute Gasteiger partial charge is 0.360 e.